The maximum absolute atomic E-state index is 13.4. The molecule has 0 atom stereocenters. The Hall–Kier alpha value is -2.01. The van der Waals surface area contributed by atoms with Crippen molar-refractivity contribution in [1.29, 1.82) is 0 Å². The van der Waals surface area contributed by atoms with Gasteiger partial charge in [-0.25, -0.2) is 8.78 Å². The Morgan fingerprint density at radius 1 is 1.16 bits per heavy atom. The second kappa shape index (κ2) is 5.32. The molecule has 0 aliphatic carbocycles. The molecule has 0 fully saturated rings. The van der Waals surface area contributed by atoms with E-state index in [2.05, 4.69) is 5.32 Å². The summed E-state index contributed by atoms with van der Waals surface area (Å²) in [4.78, 5) is 0. The van der Waals surface area contributed by atoms with Gasteiger partial charge in [-0.1, -0.05) is 11.6 Å². The molecule has 3 N–H and O–H groups in total. The van der Waals surface area contributed by atoms with Crippen molar-refractivity contribution in [2.24, 2.45) is 0 Å². The van der Waals surface area contributed by atoms with Crippen LogP contribution in [-0.4, -0.2) is 7.11 Å². The Kier molecular flexibility index (Phi) is 3.76. The van der Waals surface area contributed by atoms with Gasteiger partial charge in [0.15, 0.2) is 11.6 Å². The number of hydrogen-bond acceptors (Lipinski definition) is 3. The second-order valence-corrected chi connectivity index (χ2v) is 4.23. The smallest absolute Gasteiger partial charge is 0.167 e. The molecule has 0 amide bonds. The maximum atomic E-state index is 13.4. The van der Waals surface area contributed by atoms with Gasteiger partial charge in [0.25, 0.3) is 0 Å². The van der Waals surface area contributed by atoms with Gasteiger partial charge in [0.1, 0.15) is 5.82 Å². The highest BCUT2D eigenvalue weighted by atomic mass is 35.5. The number of halogens is 3. The molecular formula is C13H11ClF2N2O. The average Bonchev–Trinajstić information content (AvgIpc) is 2.35. The van der Waals surface area contributed by atoms with E-state index >= 15 is 0 Å². The van der Waals surface area contributed by atoms with Crippen molar-refractivity contribution in [3.05, 3.63) is 47.0 Å². The van der Waals surface area contributed by atoms with Crippen LogP contribution in [0.25, 0.3) is 0 Å². The molecule has 0 aliphatic rings. The van der Waals surface area contributed by atoms with Crippen LogP contribution < -0.4 is 15.8 Å². The summed E-state index contributed by atoms with van der Waals surface area (Å²) in [6.07, 6.45) is 0. The SMILES string of the molecule is COc1cc(Nc2ccc(F)cc2Cl)c(N)cc1F. The first-order valence-electron chi connectivity index (χ1n) is 5.36. The van der Waals surface area contributed by atoms with Crippen LogP contribution in [0.15, 0.2) is 30.3 Å². The van der Waals surface area contributed by atoms with Crippen LogP contribution in [0.1, 0.15) is 0 Å². The molecule has 0 aliphatic heterocycles. The molecule has 0 spiro atoms. The van der Waals surface area contributed by atoms with Crippen LogP contribution in [0.2, 0.25) is 5.02 Å². The number of ether oxygens (including phenoxy) is 1. The van der Waals surface area contributed by atoms with E-state index in [1.54, 1.807) is 0 Å². The molecule has 0 saturated heterocycles. The molecule has 0 saturated carbocycles. The van der Waals surface area contributed by atoms with E-state index in [9.17, 15) is 8.78 Å². The largest absolute Gasteiger partial charge is 0.494 e. The zero-order valence-electron chi connectivity index (χ0n) is 10.0. The van der Waals surface area contributed by atoms with Crippen molar-refractivity contribution in [2.45, 2.75) is 0 Å². The molecule has 3 nitrogen and oxygen atoms in total. The third kappa shape index (κ3) is 2.88. The number of hydrogen-bond donors (Lipinski definition) is 2. The molecule has 2 aromatic carbocycles. The first kappa shape index (κ1) is 13.4. The molecule has 19 heavy (non-hydrogen) atoms. The van der Waals surface area contributed by atoms with E-state index in [0.29, 0.717) is 11.4 Å². The van der Waals surface area contributed by atoms with Crippen molar-refractivity contribution in [1.82, 2.24) is 0 Å². The van der Waals surface area contributed by atoms with Crippen LogP contribution in [-0.2, 0) is 0 Å². The average molecular weight is 285 g/mol. The molecule has 0 radical (unpaired) electrons. The van der Waals surface area contributed by atoms with Crippen LogP contribution in [0.4, 0.5) is 25.8 Å². The minimum absolute atomic E-state index is 0.0509. The third-order valence-corrected chi connectivity index (χ3v) is 2.84. The zero-order chi connectivity index (χ0) is 14.0. The molecule has 2 aromatic rings. The fourth-order valence-corrected chi connectivity index (χ4v) is 1.78. The Balaban J connectivity index is 2.37. The number of anilines is 3. The Bertz CT molecular complexity index is 620. The monoisotopic (exact) mass is 284 g/mol. The van der Waals surface area contributed by atoms with Crippen molar-refractivity contribution in [3.63, 3.8) is 0 Å². The topological polar surface area (TPSA) is 47.3 Å². The molecule has 6 heteroatoms. The Labute approximate surface area is 113 Å². The summed E-state index contributed by atoms with van der Waals surface area (Å²) >= 11 is 5.89. The van der Waals surface area contributed by atoms with E-state index in [1.807, 2.05) is 0 Å². The number of benzene rings is 2. The van der Waals surface area contributed by atoms with E-state index in [0.717, 1.165) is 6.07 Å². The lowest BCUT2D eigenvalue weighted by Crippen LogP contribution is -1.99. The number of nitrogens with one attached hydrogen (secondary N) is 1. The predicted octanol–water partition coefficient (Wildman–Crippen LogP) is 3.95. The van der Waals surface area contributed by atoms with E-state index in [-0.39, 0.29) is 16.5 Å². The number of methoxy groups -OCH3 is 1. The van der Waals surface area contributed by atoms with E-state index < -0.39 is 11.6 Å². The molecular weight excluding hydrogens is 274 g/mol. The first-order chi connectivity index (χ1) is 9.01. The number of rotatable bonds is 3. The summed E-state index contributed by atoms with van der Waals surface area (Å²) in [5.74, 6) is -0.953. The Morgan fingerprint density at radius 3 is 2.53 bits per heavy atom. The predicted molar refractivity (Wildman–Crippen MR) is 72.1 cm³/mol. The highest BCUT2D eigenvalue weighted by molar-refractivity contribution is 6.33. The van der Waals surface area contributed by atoms with Gasteiger partial charge in [-0.05, 0) is 18.2 Å². The van der Waals surface area contributed by atoms with Gasteiger partial charge in [-0.15, -0.1) is 0 Å². The quantitative estimate of drug-likeness (QED) is 0.839. The third-order valence-electron chi connectivity index (χ3n) is 2.52. The van der Waals surface area contributed by atoms with Crippen molar-refractivity contribution < 1.29 is 13.5 Å². The molecule has 0 unspecified atom stereocenters. The van der Waals surface area contributed by atoms with Crippen molar-refractivity contribution >= 4 is 28.7 Å². The van der Waals surface area contributed by atoms with Crippen LogP contribution in [0, 0.1) is 11.6 Å². The fraction of sp³-hybridized carbons (Fsp3) is 0.0769. The normalized spacial score (nSPS) is 10.3. The summed E-state index contributed by atoms with van der Waals surface area (Å²) in [7, 11) is 1.35. The van der Waals surface area contributed by atoms with Gasteiger partial charge in [-0.2, -0.15) is 0 Å². The van der Waals surface area contributed by atoms with Gasteiger partial charge in [0.05, 0.1) is 29.2 Å². The Morgan fingerprint density at radius 2 is 1.89 bits per heavy atom. The van der Waals surface area contributed by atoms with Crippen LogP contribution >= 0.6 is 11.6 Å². The molecule has 0 bridgehead atoms. The van der Waals surface area contributed by atoms with Gasteiger partial charge in [-0.3, -0.25) is 0 Å². The van der Waals surface area contributed by atoms with Crippen molar-refractivity contribution in [2.75, 3.05) is 18.2 Å². The van der Waals surface area contributed by atoms with Gasteiger partial charge >= 0.3 is 0 Å². The van der Waals surface area contributed by atoms with Gasteiger partial charge < -0.3 is 15.8 Å². The van der Waals surface area contributed by atoms with Crippen molar-refractivity contribution in [3.8, 4) is 5.75 Å². The summed E-state index contributed by atoms with van der Waals surface area (Å²) < 4.78 is 31.2. The van der Waals surface area contributed by atoms with Gasteiger partial charge in [0.2, 0.25) is 0 Å². The van der Waals surface area contributed by atoms with E-state index in [1.165, 1.54) is 31.4 Å². The minimum Gasteiger partial charge on any atom is -0.494 e. The minimum atomic E-state index is -0.559. The molecule has 100 valence electrons. The highest BCUT2D eigenvalue weighted by Crippen LogP contribution is 2.32. The highest BCUT2D eigenvalue weighted by Gasteiger charge is 2.10. The summed E-state index contributed by atoms with van der Waals surface area (Å²) in [6.45, 7) is 0. The lowest BCUT2D eigenvalue weighted by atomic mass is 10.2. The first-order valence-corrected chi connectivity index (χ1v) is 5.74. The molecule has 0 aromatic heterocycles. The lowest BCUT2D eigenvalue weighted by molar-refractivity contribution is 0.387. The zero-order valence-corrected chi connectivity index (χ0v) is 10.8. The molecule has 2 rings (SSSR count). The summed E-state index contributed by atoms with van der Waals surface area (Å²) in [5.41, 5.74) is 6.78. The number of nitrogen functional groups attached to an aromatic ring is 1. The molecule has 0 heterocycles. The van der Waals surface area contributed by atoms with Crippen LogP contribution in [0.5, 0.6) is 5.75 Å². The van der Waals surface area contributed by atoms with Crippen LogP contribution in [0.3, 0.4) is 0 Å². The summed E-state index contributed by atoms with van der Waals surface area (Å²) in [6, 6.07) is 6.43. The lowest BCUT2D eigenvalue weighted by Gasteiger charge is -2.13. The fourth-order valence-electron chi connectivity index (χ4n) is 1.57. The second-order valence-electron chi connectivity index (χ2n) is 3.82. The number of nitrogens with two attached hydrogens (primary N) is 1. The van der Waals surface area contributed by atoms with E-state index in [4.69, 9.17) is 22.1 Å². The summed E-state index contributed by atoms with van der Waals surface area (Å²) in [5, 5.41) is 3.10. The standard InChI is InChI=1S/C13H11ClF2N2O/c1-19-13-6-12(10(17)5-9(13)16)18-11-3-2-7(15)4-8(11)14/h2-6,18H,17H2,1H3. The van der Waals surface area contributed by atoms with Gasteiger partial charge in [0, 0.05) is 12.1 Å². The maximum Gasteiger partial charge on any atom is 0.167 e.